The standard InChI is InChI=1S/C23H23ClN2O4/c24-17-12-9-16(10-13-17)11-14-22(28)30-15-21(27)26-20-8-4-3-7-19(20)23(29)25-18-5-1-2-6-18/h3-4,7-14,18H,1-2,5-6,15H2,(H,25,29)(H,26,27)/b14-11+. The molecule has 1 aliphatic rings. The number of halogens is 1. The van der Waals surface area contributed by atoms with E-state index >= 15 is 0 Å². The van der Waals surface area contributed by atoms with Crippen LogP contribution in [0.2, 0.25) is 5.02 Å². The molecule has 1 aliphatic carbocycles. The van der Waals surface area contributed by atoms with Crippen molar-refractivity contribution in [2.24, 2.45) is 0 Å². The Morgan fingerprint density at radius 1 is 1.03 bits per heavy atom. The Hall–Kier alpha value is -3.12. The number of rotatable bonds is 7. The quantitative estimate of drug-likeness (QED) is 0.513. The number of para-hydroxylation sites is 1. The van der Waals surface area contributed by atoms with Crippen molar-refractivity contribution in [1.29, 1.82) is 0 Å². The lowest BCUT2D eigenvalue weighted by molar-refractivity contribution is -0.142. The van der Waals surface area contributed by atoms with Crippen LogP contribution in [0.5, 0.6) is 0 Å². The Morgan fingerprint density at radius 2 is 1.73 bits per heavy atom. The molecule has 2 N–H and O–H groups in total. The zero-order chi connectivity index (χ0) is 21.3. The molecule has 1 fully saturated rings. The monoisotopic (exact) mass is 426 g/mol. The van der Waals surface area contributed by atoms with Gasteiger partial charge in [0.15, 0.2) is 6.61 Å². The Morgan fingerprint density at radius 3 is 2.47 bits per heavy atom. The number of carbonyl (C=O) groups is 3. The average molecular weight is 427 g/mol. The van der Waals surface area contributed by atoms with Gasteiger partial charge in [-0.1, -0.05) is 48.7 Å². The van der Waals surface area contributed by atoms with Gasteiger partial charge in [0.25, 0.3) is 11.8 Å². The third-order valence-electron chi connectivity index (χ3n) is 4.76. The molecule has 7 heteroatoms. The van der Waals surface area contributed by atoms with E-state index in [0.717, 1.165) is 31.2 Å². The summed E-state index contributed by atoms with van der Waals surface area (Å²) in [6, 6.07) is 13.9. The molecular weight excluding hydrogens is 404 g/mol. The topological polar surface area (TPSA) is 84.5 Å². The van der Waals surface area contributed by atoms with E-state index in [4.69, 9.17) is 16.3 Å². The fraction of sp³-hybridized carbons (Fsp3) is 0.261. The van der Waals surface area contributed by atoms with Crippen molar-refractivity contribution in [2.75, 3.05) is 11.9 Å². The van der Waals surface area contributed by atoms with Crippen LogP contribution >= 0.6 is 11.6 Å². The molecule has 0 spiro atoms. The van der Waals surface area contributed by atoms with Crippen LogP contribution in [-0.4, -0.2) is 30.4 Å². The zero-order valence-electron chi connectivity index (χ0n) is 16.4. The molecule has 1 saturated carbocycles. The number of hydrogen-bond donors (Lipinski definition) is 2. The van der Waals surface area contributed by atoms with Gasteiger partial charge in [-0.25, -0.2) is 4.79 Å². The first-order valence-electron chi connectivity index (χ1n) is 9.81. The van der Waals surface area contributed by atoms with Crippen LogP contribution in [0.1, 0.15) is 41.6 Å². The van der Waals surface area contributed by atoms with Crippen LogP contribution in [0.4, 0.5) is 5.69 Å². The van der Waals surface area contributed by atoms with E-state index in [0.29, 0.717) is 16.3 Å². The van der Waals surface area contributed by atoms with E-state index in [1.807, 2.05) is 0 Å². The molecule has 6 nitrogen and oxygen atoms in total. The molecule has 30 heavy (non-hydrogen) atoms. The van der Waals surface area contributed by atoms with E-state index in [1.165, 1.54) is 6.08 Å². The second-order valence-electron chi connectivity index (χ2n) is 7.04. The molecule has 0 saturated heterocycles. The summed E-state index contributed by atoms with van der Waals surface area (Å²) in [4.78, 5) is 36.6. The maximum absolute atomic E-state index is 12.5. The molecule has 0 aromatic heterocycles. The first-order valence-corrected chi connectivity index (χ1v) is 10.2. The molecule has 0 bridgehead atoms. The summed E-state index contributed by atoms with van der Waals surface area (Å²) in [5, 5.41) is 6.24. The van der Waals surface area contributed by atoms with Gasteiger partial charge in [0.2, 0.25) is 0 Å². The number of benzene rings is 2. The lowest BCUT2D eigenvalue weighted by Crippen LogP contribution is -2.33. The van der Waals surface area contributed by atoms with Crippen LogP contribution in [0.25, 0.3) is 6.08 Å². The predicted octanol–water partition coefficient (Wildman–Crippen LogP) is 4.21. The van der Waals surface area contributed by atoms with Crippen LogP contribution in [-0.2, 0) is 14.3 Å². The van der Waals surface area contributed by atoms with Crippen molar-refractivity contribution in [3.05, 3.63) is 70.8 Å². The third kappa shape index (κ3) is 6.46. The van der Waals surface area contributed by atoms with Crippen molar-refractivity contribution < 1.29 is 19.1 Å². The number of esters is 1. The number of nitrogens with one attached hydrogen (secondary N) is 2. The third-order valence-corrected chi connectivity index (χ3v) is 5.02. The summed E-state index contributed by atoms with van der Waals surface area (Å²) >= 11 is 5.81. The second-order valence-corrected chi connectivity index (χ2v) is 7.48. The highest BCUT2D eigenvalue weighted by Gasteiger charge is 2.20. The molecule has 2 aromatic carbocycles. The van der Waals surface area contributed by atoms with Crippen LogP contribution in [0.15, 0.2) is 54.6 Å². The van der Waals surface area contributed by atoms with Gasteiger partial charge >= 0.3 is 5.97 Å². The second kappa shape index (κ2) is 10.6. The van der Waals surface area contributed by atoms with Gasteiger partial charge in [0.05, 0.1) is 11.3 Å². The molecule has 2 amide bonds. The van der Waals surface area contributed by atoms with Crippen molar-refractivity contribution in [2.45, 2.75) is 31.7 Å². The first kappa shape index (κ1) is 21.6. The molecule has 0 heterocycles. The fourth-order valence-electron chi connectivity index (χ4n) is 3.23. The summed E-state index contributed by atoms with van der Waals surface area (Å²) in [5.41, 5.74) is 1.54. The number of amides is 2. The largest absolute Gasteiger partial charge is 0.452 e. The molecule has 0 radical (unpaired) electrons. The van der Waals surface area contributed by atoms with Crippen LogP contribution in [0.3, 0.4) is 0 Å². The molecule has 156 valence electrons. The van der Waals surface area contributed by atoms with Gasteiger partial charge in [-0.3, -0.25) is 9.59 Å². The summed E-state index contributed by atoms with van der Waals surface area (Å²) in [6.07, 6.45) is 6.97. The van der Waals surface area contributed by atoms with Crippen molar-refractivity contribution in [1.82, 2.24) is 5.32 Å². The summed E-state index contributed by atoms with van der Waals surface area (Å²) in [6.45, 7) is -0.456. The lowest BCUT2D eigenvalue weighted by Gasteiger charge is -2.15. The Balaban J connectivity index is 1.51. The van der Waals surface area contributed by atoms with Crippen LogP contribution < -0.4 is 10.6 Å². The first-order chi connectivity index (χ1) is 14.5. The minimum atomic E-state index is -0.646. The van der Waals surface area contributed by atoms with Crippen molar-refractivity contribution >= 4 is 41.1 Å². The van der Waals surface area contributed by atoms with Gasteiger partial charge in [0.1, 0.15) is 0 Å². The molecule has 0 atom stereocenters. The zero-order valence-corrected chi connectivity index (χ0v) is 17.2. The highest BCUT2D eigenvalue weighted by Crippen LogP contribution is 2.20. The van der Waals surface area contributed by atoms with Gasteiger partial charge in [0, 0.05) is 17.1 Å². The predicted molar refractivity (Wildman–Crippen MR) is 116 cm³/mol. The minimum Gasteiger partial charge on any atom is -0.452 e. The van der Waals surface area contributed by atoms with Crippen LogP contribution in [0, 0.1) is 0 Å². The summed E-state index contributed by atoms with van der Waals surface area (Å²) in [5.74, 6) is -1.39. The highest BCUT2D eigenvalue weighted by atomic mass is 35.5. The van der Waals surface area contributed by atoms with Gasteiger partial charge < -0.3 is 15.4 Å². The maximum Gasteiger partial charge on any atom is 0.331 e. The molecule has 0 unspecified atom stereocenters. The van der Waals surface area contributed by atoms with Crippen molar-refractivity contribution in [3.63, 3.8) is 0 Å². The highest BCUT2D eigenvalue weighted by molar-refractivity contribution is 6.30. The smallest absolute Gasteiger partial charge is 0.331 e. The number of ether oxygens (including phenoxy) is 1. The Bertz CT molecular complexity index is 934. The molecule has 3 rings (SSSR count). The Kier molecular flexibility index (Phi) is 7.63. The molecule has 2 aromatic rings. The number of anilines is 1. The van der Waals surface area contributed by atoms with Gasteiger partial charge in [-0.15, -0.1) is 0 Å². The van der Waals surface area contributed by atoms with E-state index in [2.05, 4.69) is 10.6 Å². The average Bonchev–Trinajstić information content (AvgIpc) is 3.25. The SMILES string of the molecule is O=C(COC(=O)/C=C/c1ccc(Cl)cc1)Nc1ccccc1C(=O)NC1CCCC1. The Labute approximate surface area is 180 Å². The minimum absolute atomic E-state index is 0.176. The molecule has 0 aliphatic heterocycles. The molecular formula is C23H23ClN2O4. The summed E-state index contributed by atoms with van der Waals surface area (Å²) in [7, 11) is 0. The van der Waals surface area contributed by atoms with E-state index in [-0.39, 0.29) is 11.9 Å². The van der Waals surface area contributed by atoms with Gasteiger partial charge in [-0.05, 0) is 48.7 Å². The van der Waals surface area contributed by atoms with E-state index in [1.54, 1.807) is 54.6 Å². The van der Waals surface area contributed by atoms with E-state index in [9.17, 15) is 14.4 Å². The number of hydrogen-bond acceptors (Lipinski definition) is 4. The lowest BCUT2D eigenvalue weighted by atomic mass is 10.1. The number of carbonyl (C=O) groups excluding carboxylic acids is 3. The summed E-state index contributed by atoms with van der Waals surface area (Å²) < 4.78 is 4.97. The van der Waals surface area contributed by atoms with Crippen molar-refractivity contribution in [3.8, 4) is 0 Å². The van der Waals surface area contributed by atoms with E-state index < -0.39 is 18.5 Å². The fourth-order valence-corrected chi connectivity index (χ4v) is 3.36. The van der Waals surface area contributed by atoms with Gasteiger partial charge in [-0.2, -0.15) is 0 Å². The normalized spacial score (nSPS) is 13.9. The maximum atomic E-state index is 12.5.